The SMILES string of the molecule is COC(=O)C(CC1CC1)c1cc(OCC(F)(F)F)cc(-c2ccc(F)cc2)c1. The van der Waals surface area contributed by atoms with E-state index in [-0.39, 0.29) is 5.75 Å². The van der Waals surface area contributed by atoms with Crippen LogP contribution in [0.5, 0.6) is 5.75 Å². The number of alkyl halides is 3. The van der Waals surface area contributed by atoms with Gasteiger partial charge in [0.05, 0.1) is 13.0 Å². The van der Waals surface area contributed by atoms with Gasteiger partial charge in [0.1, 0.15) is 11.6 Å². The van der Waals surface area contributed by atoms with Crippen LogP contribution in [0.3, 0.4) is 0 Å². The summed E-state index contributed by atoms with van der Waals surface area (Å²) in [6.07, 6.45) is -1.88. The van der Waals surface area contributed by atoms with E-state index in [1.54, 1.807) is 6.07 Å². The smallest absolute Gasteiger partial charge is 0.422 e. The molecule has 1 aliphatic carbocycles. The van der Waals surface area contributed by atoms with E-state index in [2.05, 4.69) is 0 Å². The van der Waals surface area contributed by atoms with E-state index in [1.165, 1.54) is 43.5 Å². The third kappa shape index (κ3) is 5.47. The molecule has 0 aromatic heterocycles. The molecule has 7 heteroatoms. The highest BCUT2D eigenvalue weighted by Gasteiger charge is 2.32. The Morgan fingerprint density at radius 1 is 1.11 bits per heavy atom. The molecule has 2 aromatic rings. The van der Waals surface area contributed by atoms with Gasteiger partial charge in [0.25, 0.3) is 0 Å². The molecule has 0 bridgehead atoms. The predicted octanol–water partition coefficient (Wildman–Crippen LogP) is 5.49. The van der Waals surface area contributed by atoms with Gasteiger partial charge in [-0.05, 0) is 53.3 Å². The van der Waals surface area contributed by atoms with Crippen molar-refractivity contribution in [1.29, 1.82) is 0 Å². The van der Waals surface area contributed by atoms with Gasteiger partial charge in [0.2, 0.25) is 0 Å². The summed E-state index contributed by atoms with van der Waals surface area (Å²) in [5.74, 6) is -1.05. The van der Waals surface area contributed by atoms with Gasteiger partial charge in [-0.25, -0.2) is 4.39 Å². The summed E-state index contributed by atoms with van der Waals surface area (Å²) in [4.78, 5) is 12.3. The molecule has 1 saturated carbocycles. The van der Waals surface area contributed by atoms with Gasteiger partial charge in [0.15, 0.2) is 6.61 Å². The summed E-state index contributed by atoms with van der Waals surface area (Å²) in [5, 5.41) is 0. The minimum absolute atomic E-state index is 0.00106. The van der Waals surface area contributed by atoms with Gasteiger partial charge in [-0.2, -0.15) is 13.2 Å². The zero-order valence-corrected chi connectivity index (χ0v) is 15.3. The normalized spacial score (nSPS) is 15.2. The van der Waals surface area contributed by atoms with Crippen molar-refractivity contribution >= 4 is 5.97 Å². The standard InChI is InChI=1S/C21H20F4O3/c1-27-20(26)19(8-13-2-3-13)16-9-15(14-4-6-17(22)7-5-14)10-18(11-16)28-12-21(23,24)25/h4-7,9-11,13,19H,2-3,8,12H2,1H3. The topological polar surface area (TPSA) is 35.5 Å². The Kier molecular flexibility index (Phi) is 5.91. The van der Waals surface area contributed by atoms with Crippen molar-refractivity contribution in [3.05, 3.63) is 53.8 Å². The van der Waals surface area contributed by atoms with Crippen LogP contribution >= 0.6 is 0 Å². The molecule has 1 aliphatic rings. The molecule has 0 spiro atoms. The molecule has 0 aliphatic heterocycles. The van der Waals surface area contributed by atoms with Gasteiger partial charge in [-0.3, -0.25) is 4.79 Å². The number of carbonyl (C=O) groups excluding carboxylic acids is 1. The second kappa shape index (κ2) is 8.20. The van der Waals surface area contributed by atoms with E-state index < -0.39 is 30.5 Å². The van der Waals surface area contributed by atoms with E-state index in [1.807, 2.05) is 0 Å². The largest absolute Gasteiger partial charge is 0.484 e. The second-order valence-electron chi connectivity index (χ2n) is 6.96. The van der Waals surface area contributed by atoms with Crippen LogP contribution in [0, 0.1) is 11.7 Å². The van der Waals surface area contributed by atoms with Gasteiger partial charge in [-0.15, -0.1) is 0 Å². The molecule has 0 amide bonds. The number of carbonyl (C=O) groups is 1. The summed E-state index contributed by atoms with van der Waals surface area (Å²) in [7, 11) is 1.28. The number of ether oxygens (including phenoxy) is 2. The van der Waals surface area contributed by atoms with Crippen molar-refractivity contribution in [1.82, 2.24) is 0 Å². The molecule has 0 N–H and O–H groups in total. The van der Waals surface area contributed by atoms with E-state index in [0.29, 0.717) is 29.0 Å². The lowest BCUT2D eigenvalue weighted by molar-refractivity contribution is -0.153. The molecule has 0 heterocycles. The minimum Gasteiger partial charge on any atom is -0.484 e. The van der Waals surface area contributed by atoms with Crippen LogP contribution in [0.2, 0.25) is 0 Å². The Labute approximate surface area is 160 Å². The highest BCUT2D eigenvalue weighted by atomic mass is 19.4. The van der Waals surface area contributed by atoms with E-state index >= 15 is 0 Å². The lowest BCUT2D eigenvalue weighted by Crippen LogP contribution is -2.20. The fourth-order valence-corrected chi connectivity index (χ4v) is 3.08. The molecule has 1 unspecified atom stereocenters. The number of methoxy groups -OCH3 is 1. The van der Waals surface area contributed by atoms with Crippen molar-refractivity contribution in [2.75, 3.05) is 13.7 Å². The molecule has 2 aromatic carbocycles. The zero-order valence-electron chi connectivity index (χ0n) is 15.3. The van der Waals surface area contributed by atoms with E-state index in [9.17, 15) is 22.4 Å². The fraction of sp³-hybridized carbons (Fsp3) is 0.381. The van der Waals surface area contributed by atoms with Crippen LogP contribution in [-0.4, -0.2) is 25.9 Å². The van der Waals surface area contributed by atoms with E-state index in [0.717, 1.165) is 12.8 Å². The second-order valence-corrected chi connectivity index (χ2v) is 6.96. The molecular weight excluding hydrogens is 376 g/mol. The van der Waals surface area contributed by atoms with Crippen LogP contribution in [0.25, 0.3) is 11.1 Å². The fourth-order valence-electron chi connectivity index (χ4n) is 3.08. The average Bonchev–Trinajstić information content (AvgIpc) is 3.48. The molecule has 150 valence electrons. The Balaban J connectivity index is 1.99. The van der Waals surface area contributed by atoms with Crippen molar-refractivity contribution in [3.8, 4) is 16.9 Å². The predicted molar refractivity (Wildman–Crippen MR) is 95.5 cm³/mol. The number of rotatable bonds is 7. The maximum Gasteiger partial charge on any atom is 0.422 e. The van der Waals surface area contributed by atoms with Crippen molar-refractivity contribution < 1.29 is 31.8 Å². The zero-order chi connectivity index (χ0) is 20.3. The van der Waals surface area contributed by atoms with Crippen LogP contribution in [0.15, 0.2) is 42.5 Å². The Morgan fingerprint density at radius 3 is 2.36 bits per heavy atom. The van der Waals surface area contributed by atoms with Crippen LogP contribution in [0.1, 0.15) is 30.7 Å². The summed E-state index contributed by atoms with van der Waals surface area (Å²) >= 11 is 0. The molecule has 3 nitrogen and oxygen atoms in total. The molecule has 1 atom stereocenters. The molecule has 3 rings (SSSR count). The Bertz CT molecular complexity index is 827. The van der Waals surface area contributed by atoms with Crippen molar-refractivity contribution in [2.45, 2.75) is 31.4 Å². The Hall–Kier alpha value is -2.57. The maximum atomic E-state index is 13.2. The average molecular weight is 396 g/mol. The first-order valence-electron chi connectivity index (χ1n) is 8.93. The summed E-state index contributed by atoms with van der Waals surface area (Å²) < 4.78 is 60.8. The first-order chi connectivity index (χ1) is 13.2. The third-order valence-electron chi connectivity index (χ3n) is 4.66. The van der Waals surface area contributed by atoms with Crippen LogP contribution < -0.4 is 4.74 Å². The quantitative estimate of drug-likeness (QED) is 0.459. The van der Waals surface area contributed by atoms with Gasteiger partial charge < -0.3 is 9.47 Å². The molecular formula is C21H20F4O3. The molecule has 1 fully saturated rings. The number of halogens is 4. The molecule has 0 saturated heterocycles. The lowest BCUT2D eigenvalue weighted by atomic mass is 9.90. The number of esters is 1. The van der Waals surface area contributed by atoms with Crippen LogP contribution in [-0.2, 0) is 9.53 Å². The number of benzene rings is 2. The van der Waals surface area contributed by atoms with Gasteiger partial charge in [-0.1, -0.05) is 31.0 Å². The first kappa shape index (κ1) is 20.2. The first-order valence-corrected chi connectivity index (χ1v) is 8.93. The van der Waals surface area contributed by atoms with Crippen molar-refractivity contribution in [3.63, 3.8) is 0 Å². The summed E-state index contributed by atoms with van der Waals surface area (Å²) in [6, 6.07) is 10.2. The highest BCUT2D eigenvalue weighted by molar-refractivity contribution is 5.79. The maximum absolute atomic E-state index is 13.2. The Morgan fingerprint density at radius 2 is 1.79 bits per heavy atom. The van der Waals surface area contributed by atoms with Gasteiger partial charge >= 0.3 is 12.1 Å². The summed E-state index contributed by atoms with van der Waals surface area (Å²) in [5.41, 5.74) is 1.67. The summed E-state index contributed by atoms with van der Waals surface area (Å²) in [6.45, 7) is -1.44. The van der Waals surface area contributed by atoms with E-state index in [4.69, 9.17) is 9.47 Å². The molecule has 28 heavy (non-hydrogen) atoms. The third-order valence-corrected chi connectivity index (χ3v) is 4.66. The van der Waals surface area contributed by atoms with Crippen molar-refractivity contribution in [2.24, 2.45) is 5.92 Å². The van der Waals surface area contributed by atoms with Gasteiger partial charge in [0, 0.05) is 0 Å². The lowest BCUT2D eigenvalue weighted by Gasteiger charge is -2.18. The highest BCUT2D eigenvalue weighted by Crippen LogP contribution is 2.41. The van der Waals surface area contributed by atoms with Crippen LogP contribution in [0.4, 0.5) is 17.6 Å². The minimum atomic E-state index is -4.48. The number of hydrogen-bond acceptors (Lipinski definition) is 3. The monoisotopic (exact) mass is 396 g/mol. The molecule has 0 radical (unpaired) electrons. The number of hydrogen-bond donors (Lipinski definition) is 0.